The third-order valence-corrected chi connectivity index (χ3v) is 6.76. The molecule has 1 spiro atoms. The SMILES string of the molecule is C1=C[C@H]2C[C@@H]1CC21SCCS1. The van der Waals surface area contributed by atoms with E-state index in [1.165, 1.54) is 24.3 Å². The lowest BCUT2D eigenvalue weighted by Crippen LogP contribution is -2.22. The van der Waals surface area contributed by atoms with Gasteiger partial charge >= 0.3 is 0 Å². The van der Waals surface area contributed by atoms with Gasteiger partial charge in [0.25, 0.3) is 0 Å². The highest BCUT2D eigenvalue weighted by Gasteiger charge is 2.50. The summed E-state index contributed by atoms with van der Waals surface area (Å²) in [4.78, 5) is 0. The quantitative estimate of drug-likeness (QED) is 0.531. The minimum Gasteiger partial charge on any atom is -0.143 e. The van der Waals surface area contributed by atoms with Gasteiger partial charge in [-0.25, -0.2) is 0 Å². The minimum atomic E-state index is 0.652. The van der Waals surface area contributed by atoms with Crippen LogP contribution in [0.2, 0.25) is 0 Å². The molecule has 0 N–H and O–H groups in total. The van der Waals surface area contributed by atoms with Crippen molar-refractivity contribution in [1.29, 1.82) is 0 Å². The Kier molecular flexibility index (Phi) is 1.40. The molecule has 60 valence electrons. The minimum absolute atomic E-state index is 0.652. The third-order valence-electron chi connectivity index (χ3n) is 3.06. The second kappa shape index (κ2) is 2.23. The zero-order valence-electron chi connectivity index (χ0n) is 6.45. The van der Waals surface area contributed by atoms with Crippen LogP contribution in [0.4, 0.5) is 0 Å². The molecule has 11 heavy (non-hydrogen) atoms. The van der Waals surface area contributed by atoms with E-state index < -0.39 is 0 Å². The van der Waals surface area contributed by atoms with Crippen molar-refractivity contribution in [3.05, 3.63) is 12.2 Å². The van der Waals surface area contributed by atoms with Gasteiger partial charge in [-0.1, -0.05) is 12.2 Å². The number of rotatable bonds is 0. The predicted molar refractivity (Wildman–Crippen MR) is 53.0 cm³/mol. The summed E-state index contributed by atoms with van der Waals surface area (Å²) in [5, 5.41) is 0. The van der Waals surface area contributed by atoms with Crippen molar-refractivity contribution < 1.29 is 0 Å². The van der Waals surface area contributed by atoms with Gasteiger partial charge in [0.15, 0.2) is 0 Å². The van der Waals surface area contributed by atoms with E-state index in [2.05, 4.69) is 35.7 Å². The van der Waals surface area contributed by atoms with Gasteiger partial charge in [0, 0.05) is 17.4 Å². The van der Waals surface area contributed by atoms with Gasteiger partial charge in [-0.15, -0.1) is 23.5 Å². The smallest absolute Gasteiger partial charge is 0.0679 e. The van der Waals surface area contributed by atoms with Crippen molar-refractivity contribution in [1.82, 2.24) is 0 Å². The molecule has 0 unspecified atom stereocenters. The lowest BCUT2D eigenvalue weighted by molar-refractivity contribution is 0.678. The Bertz CT molecular complexity index is 204. The summed E-state index contributed by atoms with van der Waals surface area (Å²) in [5.74, 6) is 4.65. The molecule has 1 saturated heterocycles. The molecule has 0 radical (unpaired) electrons. The molecule has 2 bridgehead atoms. The molecule has 2 heteroatoms. The molecular weight excluding hydrogens is 172 g/mol. The van der Waals surface area contributed by atoms with E-state index in [0.29, 0.717) is 4.08 Å². The van der Waals surface area contributed by atoms with E-state index in [1.54, 1.807) is 0 Å². The number of fused-ring (bicyclic) bond motifs is 3. The highest BCUT2D eigenvalue weighted by atomic mass is 32.2. The van der Waals surface area contributed by atoms with Crippen molar-refractivity contribution in [2.45, 2.75) is 16.9 Å². The van der Waals surface area contributed by atoms with Crippen LogP contribution in [-0.4, -0.2) is 15.6 Å². The first-order valence-electron chi connectivity index (χ1n) is 4.35. The number of hydrogen-bond donors (Lipinski definition) is 0. The Balaban J connectivity index is 1.94. The second-order valence-corrected chi connectivity index (χ2v) is 6.81. The van der Waals surface area contributed by atoms with E-state index in [4.69, 9.17) is 0 Å². The van der Waals surface area contributed by atoms with Crippen molar-refractivity contribution in [2.24, 2.45) is 11.8 Å². The van der Waals surface area contributed by atoms with Crippen molar-refractivity contribution in [3.63, 3.8) is 0 Å². The van der Waals surface area contributed by atoms with Crippen LogP contribution in [0.15, 0.2) is 12.2 Å². The Hall–Kier alpha value is 0.440. The van der Waals surface area contributed by atoms with Gasteiger partial charge < -0.3 is 0 Å². The summed E-state index contributed by atoms with van der Waals surface area (Å²) >= 11 is 4.45. The standard InChI is InChI=1S/C9H12S2/c1-2-8-5-7(1)6-9(8)10-3-4-11-9/h1-2,7-8H,3-6H2/t7-,8+/m1/s1. The van der Waals surface area contributed by atoms with Crippen molar-refractivity contribution in [3.8, 4) is 0 Å². The van der Waals surface area contributed by atoms with Gasteiger partial charge in [0.05, 0.1) is 4.08 Å². The molecule has 1 saturated carbocycles. The average molecular weight is 184 g/mol. The predicted octanol–water partition coefficient (Wildman–Crippen LogP) is 2.76. The van der Waals surface area contributed by atoms with E-state index in [9.17, 15) is 0 Å². The molecule has 2 fully saturated rings. The van der Waals surface area contributed by atoms with Crippen LogP contribution in [-0.2, 0) is 0 Å². The van der Waals surface area contributed by atoms with Crippen LogP contribution in [0.1, 0.15) is 12.8 Å². The largest absolute Gasteiger partial charge is 0.143 e. The first-order chi connectivity index (χ1) is 5.39. The highest BCUT2D eigenvalue weighted by molar-refractivity contribution is 8.21. The molecule has 0 aromatic carbocycles. The summed E-state index contributed by atoms with van der Waals surface area (Å²) in [7, 11) is 0. The van der Waals surface area contributed by atoms with Gasteiger partial charge in [-0.05, 0) is 18.8 Å². The summed E-state index contributed by atoms with van der Waals surface area (Å²) in [5.41, 5.74) is 0. The second-order valence-electron chi connectivity index (χ2n) is 3.70. The molecule has 1 heterocycles. The topological polar surface area (TPSA) is 0 Å². The monoisotopic (exact) mass is 184 g/mol. The molecule has 2 atom stereocenters. The summed E-state index contributed by atoms with van der Waals surface area (Å²) < 4.78 is 0.652. The Morgan fingerprint density at radius 1 is 1.18 bits per heavy atom. The molecular formula is C9H12S2. The lowest BCUT2D eigenvalue weighted by atomic mass is 10.1. The average Bonchev–Trinajstić information content (AvgIpc) is 2.64. The van der Waals surface area contributed by atoms with Crippen LogP contribution < -0.4 is 0 Å². The van der Waals surface area contributed by atoms with Gasteiger partial charge in [0.2, 0.25) is 0 Å². The number of hydrogen-bond acceptors (Lipinski definition) is 2. The Labute approximate surface area is 76.2 Å². The fourth-order valence-electron chi connectivity index (χ4n) is 2.57. The maximum absolute atomic E-state index is 2.47. The summed E-state index contributed by atoms with van der Waals surface area (Å²) in [6.45, 7) is 0. The maximum atomic E-state index is 2.47. The first kappa shape index (κ1) is 6.90. The summed E-state index contributed by atoms with van der Waals surface area (Å²) in [6.07, 6.45) is 7.83. The molecule has 1 aliphatic heterocycles. The van der Waals surface area contributed by atoms with E-state index >= 15 is 0 Å². The molecule has 0 aromatic rings. The van der Waals surface area contributed by atoms with E-state index in [0.717, 1.165) is 11.8 Å². The molecule has 3 rings (SSSR count). The zero-order valence-corrected chi connectivity index (χ0v) is 8.09. The normalized spacial score (nSPS) is 44.4. The van der Waals surface area contributed by atoms with E-state index in [-0.39, 0.29) is 0 Å². The van der Waals surface area contributed by atoms with Gasteiger partial charge in [0.1, 0.15) is 0 Å². The number of thioether (sulfide) groups is 2. The third kappa shape index (κ3) is 0.858. The molecule has 3 aliphatic rings. The molecule has 0 nitrogen and oxygen atoms in total. The summed E-state index contributed by atoms with van der Waals surface area (Å²) in [6, 6.07) is 0. The van der Waals surface area contributed by atoms with Gasteiger partial charge in [-0.3, -0.25) is 0 Å². The van der Waals surface area contributed by atoms with Crippen LogP contribution in [0.3, 0.4) is 0 Å². The maximum Gasteiger partial charge on any atom is 0.0679 e. The fourth-order valence-corrected chi connectivity index (χ4v) is 6.20. The highest BCUT2D eigenvalue weighted by Crippen LogP contribution is 2.62. The van der Waals surface area contributed by atoms with E-state index in [1.807, 2.05) is 0 Å². The first-order valence-corrected chi connectivity index (χ1v) is 6.32. The Morgan fingerprint density at radius 2 is 2.00 bits per heavy atom. The molecule has 2 aliphatic carbocycles. The van der Waals surface area contributed by atoms with Crippen LogP contribution in [0.5, 0.6) is 0 Å². The molecule has 0 aromatic heterocycles. The van der Waals surface area contributed by atoms with Gasteiger partial charge in [-0.2, -0.15) is 0 Å². The van der Waals surface area contributed by atoms with Crippen molar-refractivity contribution in [2.75, 3.05) is 11.5 Å². The lowest BCUT2D eigenvalue weighted by Gasteiger charge is -2.28. The van der Waals surface area contributed by atoms with Crippen LogP contribution in [0, 0.1) is 11.8 Å². The number of allylic oxidation sites excluding steroid dienone is 2. The Morgan fingerprint density at radius 3 is 2.55 bits per heavy atom. The molecule has 0 amide bonds. The van der Waals surface area contributed by atoms with Crippen LogP contribution >= 0.6 is 23.5 Å². The van der Waals surface area contributed by atoms with Crippen molar-refractivity contribution >= 4 is 23.5 Å². The van der Waals surface area contributed by atoms with Crippen LogP contribution in [0.25, 0.3) is 0 Å². The zero-order chi connectivity index (χ0) is 7.31. The fraction of sp³-hybridized carbons (Fsp3) is 0.778.